The summed E-state index contributed by atoms with van der Waals surface area (Å²) in [6.45, 7) is 1.75. The number of pyridine rings is 2. The number of carbonyl (C=O) groups excluding carboxylic acids is 3. The zero-order chi connectivity index (χ0) is 21.4. The number of hydrogen-bond acceptors (Lipinski definition) is 8. The Kier molecular flexibility index (Phi) is 7.32. The summed E-state index contributed by atoms with van der Waals surface area (Å²) >= 11 is 0. The highest BCUT2D eigenvalue weighted by Gasteiger charge is 2.20. The predicted molar refractivity (Wildman–Crippen MR) is 106 cm³/mol. The Morgan fingerprint density at radius 3 is 2.66 bits per heavy atom. The van der Waals surface area contributed by atoms with Gasteiger partial charge in [0, 0.05) is 12.4 Å². The number of ether oxygens (including phenoxy) is 1. The lowest BCUT2D eigenvalue weighted by Gasteiger charge is -2.13. The number of rotatable bonds is 7. The molecule has 6 N–H and O–H groups in total. The average molecular weight is 399 g/mol. The SMILES string of the molecule is CCOC(=O)c1cc(C(N)=NC(=O)c2cccnc2)c(NC(=O)CNC)nc1N. The highest BCUT2D eigenvalue weighted by molar-refractivity contribution is 6.13. The zero-order valence-corrected chi connectivity index (χ0v) is 15.9. The van der Waals surface area contributed by atoms with Crippen LogP contribution in [0.25, 0.3) is 0 Å². The molecule has 0 saturated carbocycles. The van der Waals surface area contributed by atoms with Crippen LogP contribution in [0.5, 0.6) is 0 Å². The van der Waals surface area contributed by atoms with E-state index >= 15 is 0 Å². The van der Waals surface area contributed by atoms with Gasteiger partial charge in [0.2, 0.25) is 5.91 Å². The number of anilines is 2. The van der Waals surface area contributed by atoms with Gasteiger partial charge in [0.25, 0.3) is 5.91 Å². The first-order valence-electron chi connectivity index (χ1n) is 8.58. The molecule has 0 aliphatic rings. The third kappa shape index (κ3) is 5.56. The van der Waals surface area contributed by atoms with E-state index in [0.29, 0.717) is 0 Å². The van der Waals surface area contributed by atoms with E-state index in [-0.39, 0.29) is 47.3 Å². The number of aliphatic imine (C=N–C) groups is 1. The van der Waals surface area contributed by atoms with Crippen LogP contribution in [-0.2, 0) is 9.53 Å². The maximum absolute atomic E-state index is 12.3. The molecule has 0 atom stereocenters. The quantitative estimate of drug-likeness (QED) is 0.282. The Balaban J connectivity index is 2.50. The Hall–Kier alpha value is -3.86. The van der Waals surface area contributed by atoms with Gasteiger partial charge in [-0.25, -0.2) is 9.78 Å². The summed E-state index contributed by atoms with van der Waals surface area (Å²) in [7, 11) is 1.59. The fourth-order valence-corrected chi connectivity index (χ4v) is 2.25. The van der Waals surface area contributed by atoms with Crippen molar-refractivity contribution in [3.63, 3.8) is 0 Å². The maximum atomic E-state index is 12.3. The highest BCUT2D eigenvalue weighted by Crippen LogP contribution is 2.21. The van der Waals surface area contributed by atoms with E-state index in [1.165, 1.54) is 24.5 Å². The number of nitrogens with zero attached hydrogens (tertiary/aromatic N) is 3. The van der Waals surface area contributed by atoms with Crippen molar-refractivity contribution >= 4 is 35.3 Å². The van der Waals surface area contributed by atoms with Gasteiger partial charge in [-0.3, -0.25) is 14.6 Å². The third-order valence-corrected chi connectivity index (χ3v) is 3.55. The molecule has 11 heteroatoms. The minimum Gasteiger partial charge on any atom is -0.462 e. The van der Waals surface area contributed by atoms with Crippen LogP contribution in [0.3, 0.4) is 0 Å². The van der Waals surface area contributed by atoms with Crippen molar-refractivity contribution in [2.45, 2.75) is 6.92 Å². The van der Waals surface area contributed by atoms with Crippen molar-refractivity contribution < 1.29 is 19.1 Å². The van der Waals surface area contributed by atoms with E-state index in [4.69, 9.17) is 16.2 Å². The molecule has 2 heterocycles. The zero-order valence-electron chi connectivity index (χ0n) is 15.9. The molecular weight excluding hydrogens is 378 g/mol. The molecule has 0 aliphatic heterocycles. The number of likely N-dealkylation sites (N-methyl/N-ethyl adjacent to an activating group) is 1. The van der Waals surface area contributed by atoms with E-state index in [0.717, 1.165) is 0 Å². The van der Waals surface area contributed by atoms with Crippen LogP contribution in [0.2, 0.25) is 0 Å². The summed E-state index contributed by atoms with van der Waals surface area (Å²) in [5, 5.41) is 5.20. The number of carbonyl (C=O) groups is 3. The number of amides is 2. The number of hydrogen-bond donors (Lipinski definition) is 4. The lowest BCUT2D eigenvalue weighted by Crippen LogP contribution is -2.28. The standard InChI is InChI=1S/C18H21N7O4/c1-3-29-18(28)12-7-11(16(24-15(12)20)23-13(26)9-21-2)14(19)25-17(27)10-5-4-6-22-8-10/h4-8,21H,3,9H2,1-2H3,(H2,19,25,27)(H3,20,23,24,26). The summed E-state index contributed by atoms with van der Waals surface area (Å²) < 4.78 is 4.94. The van der Waals surface area contributed by atoms with Crippen LogP contribution >= 0.6 is 0 Å². The average Bonchev–Trinajstić information content (AvgIpc) is 2.69. The lowest BCUT2D eigenvalue weighted by atomic mass is 10.1. The van der Waals surface area contributed by atoms with Crippen molar-refractivity contribution in [2.75, 3.05) is 31.2 Å². The van der Waals surface area contributed by atoms with Crippen LogP contribution in [0.4, 0.5) is 11.6 Å². The number of amidine groups is 1. The van der Waals surface area contributed by atoms with E-state index in [9.17, 15) is 14.4 Å². The van der Waals surface area contributed by atoms with E-state index in [1.54, 1.807) is 20.0 Å². The van der Waals surface area contributed by atoms with Gasteiger partial charge < -0.3 is 26.8 Å². The normalized spacial score (nSPS) is 11.0. The number of nitrogen functional groups attached to an aromatic ring is 1. The number of nitrogens with one attached hydrogen (secondary N) is 2. The fourth-order valence-electron chi connectivity index (χ4n) is 2.25. The molecule has 0 fully saturated rings. The van der Waals surface area contributed by atoms with Crippen LogP contribution in [0, 0.1) is 0 Å². The Morgan fingerprint density at radius 2 is 2.03 bits per heavy atom. The van der Waals surface area contributed by atoms with Crippen molar-refractivity contribution in [1.82, 2.24) is 15.3 Å². The first kappa shape index (κ1) is 21.4. The topological polar surface area (TPSA) is 175 Å². The summed E-state index contributed by atoms with van der Waals surface area (Å²) in [6.07, 6.45) is 2.84. The first-order chi connectivity index (χ1) is 13.9. The first-order valence-corrected chi connectivity index (χ1v) is 8.58. The largest absolute Gasteiger partial charge is 0.462 e. The number of aromatic nitrogens is 2. The van der Waals surface area contributed by atoms with Gasteiger partial charge in [0.15, 0.2) is 0 Å². The molecule has 0 radical (unpaired) electrons. The molecule has 0 aromatic carbocycles. The summed E-state index contributed by atoms with van der Waals surface area (Å²) in [6, 6.07) is 4.36. The van der Waals surface area contributed by atoms with Crippen molar-refractivity contribution in [3.8, 4) is 0 Å². The molecule has 0 aliphatic carbocycles. The molecule has 0 bridgehead atoms. The van der Waals surface area contributed by atoms with Gasteiger partial charge in [-0.15, -0.1) is 0 Å². The minimum atomic E-state index is -0.724. The smallest absolute Gasteiger partial charge is 0.341 e. The van der Waals surface area contributed by atoms with Crippen molar-refractivity contribution in [3.05, 3.63) is 47.3 Å². The molecule has 0 saturated heterocycles. The predicted octanol–water partition coefficient (Wildman–Crippen LogP) is -0.0609. The molecule has 29 heavy (non-hydrogen) atoms. The Bertz CT molecular complexity index is 945. The lowest BCUT2D eigenvalue weighted by molar-refractivity contribution is -0.115. The fraction of sp³-hybridized carbons (Fsp3) is 0.222. The molecular formula is C18H21N7O4. The van der Waals surface area contributed by atoms with Gasteiger partial charge in [-0.2, -0.15) is 4.99 Å². The summed E-state index contributed by atoms with van der Waals surface area (Å²) in [5.74, 6) is -2.29. The third-order valence-electron chi connectivity index (χ3n) is 3.55. The Labute approximate surface area is 166 Å². The molecule has 2 aromatic heterocycles. The molecule has 2 amide bonds. The minimum absolute atomic E-state index is 0.00762. The van der Waals surface area contributed by atoms with Gasteiger partial charge >= 0.3 is 5.97 Å². The second-order valence-corrected chi connectivity index (χ2v) is 5.66. The monoisotopic (exact) mass is 399 g/mol. The Morgan fingerprint density at radius 1 is 1.28 bits per heavy atom. The molecule has 2 rings (SSSR count). The molecule has 0 unspecified atom stereocenters. The van der Waals surface area contributed by atoms with Crippen molar-refractivity contribution in [2.24, 2.45) is 10.7 Å². The summed E-state index contributed by atoms with van der Waals surface area (Å²) in [5.41, 5.74) is 12.0. The molecule has 0 spiro atoms. The second-order valence-electron chi connectivity index (χ2n) is 5.66. The van der Waals surface area contributed by atoms with Crippen molar-refractivity contribution in [1.29, 1.82) is 0 Å². The molecule has 11 nitrogen and oxygen atoms in total. The van der Waals surface area contributed by atoms with Crippen LogP contribution < -0.4 is 22.1 Å². The van der Waals surface area contributed by atoms with Crippen LogP contribution in [-0.4, -0.2) is 53.8 Å². The molecule has 152 valence electrons. The van der Waals surface area contributed by atoms with Gasteiger partial charge in [-0.1, -0.05) is 0 Å². The van der Waals surface area contributed by atoms with Crippen LogP contribution in [0.1, 0.15) is 33.2 Å². The van der Waals surface area contributed by atoms with Crippen LogP contribution in [0.15, 0.2) is 35.6 Å². The number of nitrogens with two attached hydrogens (primary N) is 2. The molecule has 2 aromatic rings. The number of esters is 1. The van der Waals surface area contributed by atoms with E-state index < -0.39 is 17.8 Å². The van der Waals surface area contributed by atoms with Gasteiger partial charge in [-0.05, 0) is 32.2 Å². The van der Waals surface area contributed by atoms with E-state index in [2.05, 4.69) is 25.6 Å². The van der Waals surface area contributed by atoms with Gasteiger partial charge in [0.1, 0.15) is 23.0 Å². The second kappa shape index (κ2) is 9.90. The van der Waals surface area contributed by atoms with Gasteiger partial charge in [0.05, 0.1) is 24.3 Å². The van der Waals surface area contributed by atoms with E-state index in [1.807, 2.05) is 0 Å². The summed E-state index contributed by atoms with van der Waals surface area (Å²) in [4.78, 5) is 48.1. The highest BCUT2D eigenvalue weighted by atomic mass is 16.5. The maximum Gasteiger partial charge on any atom is 0.341 e.